The van der Waals surface area contributed by atoms with Crippen molar-refractivity contribution in [2.45, 2.75) is 20.0 Å². The van der Waals surface area contributed by atoms with Crippen LogP contribution in [0.1, 0.15) is 25.8 Å². The zero-order valence-corrected chi connectivity index (χ0v) is 10.5. The summed E-state index contributed by atoms with van der Waals surface area (Å²) in [7, 11) is 1.61. The van der Waals surface area contributed by atoms with Crippen LogP contribution in [0.2, 0.25) is 0 Å². The summed E-state index contributed by atoms with van der Waals surface area (Å²) < 4.78 is 10.5. The highest BCUT2D eigenvalue weighted by molar-refractivity contribution is 5.53. The highest BCUT2D eigenvalue weighted by Crippen LogP contribution is 2.26. The second kappa shape index (κ2) is 5.14. The predicted molar refractivity (Wildman–Crippen MR) is 63.8 cm³/mol. The SMILES string of the molecule is COC(c1noc(-c2cncc(O)c2)n1)C(C)C. The van der Waals surface area contributed by atoms with Gasteiger partial charge >= 0.3 is 0 Å². The van der Waals surface area contributed by atoms with Crippen molar-refractivity contribution in [2.75, 3.05) is 7.11 Å². The minimum Gasteiger partial charge on any atom is -0.506 e. The van der Waals surface area contributed by atoms with E-state index in [0.29, 0.717) is 17.3 Å². The van der Waals surface area contributed by atoms with Gasteiger partial charge in [0.1, 0.15) is 11.9 Å². The molecule has 0 aliphatic heterocycles. The molecule has 6 heteroatoms. The molecule has 1 N–H and O–H groups in total. The Morgan fingerprint density at radius 1 is 1.33 bits per heavy atom. The van der Waals surface area contributed by atoms with E-state index in [0.717, 1.165) is 0 Å². The van der Waals surface area contributed by atoms with Gasteiger partial charge in [-0.15, -0.1) is 0 Å². The van der Waals surface area contributed by atoms with Gasteiger partial charge in [-0.25, -0.2) is 0 Å². The van der Waals surface area contributed by atoms with Crippen molar-refractivity contribution >= 4 is 0 Å². The van der Waals surface area contributed by atoms with Gasteiger partial charge in [0.2, 0.25) is 5.82 Å². The van der Waals surface area contributed by atoms with E-state index in [4.69, 9.17) is 9.26 Å². The molecule has 0 aromatic carbocycles. The largest absolute Gasteiger partial charge is 0.506 e. The number of pyridine rings is 1. The second-order valence-electron chi connectivity index (χ2n) is 4.29. The summed E-state index contributed by atoms with van der Waals surface area (Å²) in [5.41, 5.74) is 0.576. The van der Waals surface area contributed by atoms with Gasteiger partial charge in [0, 0.05) is 13.3 Å². The standard InChI is InChI=1S/C12H15N3O3/c1-7(2)10(17-3)11-14-12(18-15-11)8-4-9(16)6-13-5-8/h4-7,10,16H,1-3H3. The Hall–Kier alpha value is -1.95. The van der Waals surface area contributed by atoms with E-state index in [9.17, 15) is 5.11 Å². The fourth-order valence-corrected chi connectivity index (χ4v) is 1.69. The maximum atomic E-state index is 9.35. The van der Waals surface area contributed by atoms with E-state index >= 15 is 0 Å². The molecule has 0 fully saturated rings. The van der Waals surface area contributed by atoms with Crippen LogP contribution in [0.4, 0.5) is 0 Å². The van der Waals surface area contributed by atoms with Crippen LogP contribution in [-0.4, -0.2) is 27.3 Å². The van der Waals surface area contributed by atoms with Gasteiger partial charge in [-0.05, 0) is 12.0 Å². The van der Waals surface area contributed by atoms with E-state index < -0.39 is 0 Å². The molecule has 0 saturated carbocycles. The van der Waals surface area contributed by atoms with Crippen molar-refractivity contribution in [1.82, 2.24) is 15.1 Å². The van der Waals surface area contributed by atoms with Crippen molar-refractivity contribution < 1.29 is 14.4 Å². The lowest BCUT2D eigenvalue weighted by atomic mass is 10.1. The molecule has 0 radical (unpaired) electrons. The number of rotatable bonds is 4. The highest BCUT2D eigenvalue weighted by Gasteiger charge is 2.21. The predicted octanol–water partition coefficient (Wildman–Crippen LogP) is 2.18. The lowest BCUT2D eigenvalue weighted by molar-refractivity contribution is 0.0556. The monoisotopic (exact) mass is 249 g/mol. The van der Waals surface area contributed by atoms with Crippen LogP contribution >= 0.6 is 0 Å². The molecule has 1 atom stereocenters. The van der Waals surface area contributed by atoms with Crippen LogP contribution in [0.15, 0.2) is 23.0 Å². The van der Waals surface area contributed by atoms with Crippen LogP contribution < -0.4 is 0 Å². The molecule has 0 saturated heterocycles. The van der Waals surface area contributed by atoms with Crippen molar-refractivity contribution in [2.24, 2.45) is 5.92 Å². The van der Waals surface area contributed by atoms with Crippen LogP contribution in [0.25, 0.3) is 11.5 Å². The smallest absolute Gasteiger partial charge is 0.259 e. The first kappa shape index (κ1) is 12.5. The summed E-state index contributed by atoms with van der Waals surface area (Å²) in [5, 5.41) is 13.2. The molecular formula is C12H15N3O3. The Bertz CT molecular complexity index is 525. The molecule has 18 heavy (non-hydrogen) atoms. The molecule has 2 aromatic rings. The van der Waals surface area contributed by atoms with Crippen LogP contribution in [0.5, 0.6) is 5.75 Å². The Morgan fingerprint density at radius 3 is 2.72 bits per heavy atom. The maximum absolute atomic E-state index is 9.35. The summed E-state index contributed by atoms with van der Waals surface area (Å²) in [5.74, 6) is 1.10. The summed E-state index contributed by atoms with van der Waals surface area (Å²) in [6, 6.07) is 1.52. The minimum atomic E-state index is -0.215. The number of hydrogen-bond donors (Lipinski definition) is 1. The van der Waals surface area contributed by atoms with Gasteiger partial charge in [0.15, 0.2) is 0 Å². The van der Waals surface area contributed by atoms with E-state index in [1.54, 1.807) is 13.3 Å². The summed E-state index contributed by atoms with van der Waals surface area (Å²) >= 11 is 0. The van der Waals surface area contributed by atoms with Gasteiger partial charge in [0.05, 0.1) is 11.8 Å². The number of methoxy groups -OCH3 is 1. The van der Waals surface area contributed by atoms with E-state index in [1.807, 2.05) is 13.8 Å². The number of aromatic nitrogens is 3. The maximum Gasteiger partial charge on any atom is 0.259 e. The lowest BCUT2D eigenvalue weighted by Gasteiger charge is -2.14. The number of ether oxygens (including phenoxy) is 1. The molecule has 0 aliphatic rings. The highest BCUT2D eigenvalue weighted by atomic mass is 16.5. The molecule has 0 spiro atoms. The minimum absolute atomic E-state index is 0.0550. The van der Waals surface area contributed by atoms with Crippen LogP contribution in [-0.2, 0) is 4.74 Å². The first-order chi connectivity index (χ1) is 8.61. The lowest BCUT2D eigenvalue weighted by Crippen LogP contribution is -2.10. The second-order valence-corrected chi connectivity index (χ2v) is 4.29. The quantitative estimate of drug-likeness (QED) is 0.894. The van der Waals surface area contributed by atoms with Crippen LogP contribution in [0.3, 0.4) is 0 Å². The average molecular weight is 249 g/mol. The van der Waals surface area contributed by atoms with Gasteiger partial charge in [-0.3, -0.25) is 4.98 Å². The Balaban J connectivity index is 2.30. The average Bonchev–Trinajstić information content (AvgIpc) is 2.79. The molecule has 0 aliphatic carbocycles. The Labute approximate surface area is 105 Å². The third-order valence-corrected chi connectivity index (χ3v) is 2.53. The molecule has 2 rings (SSSR count). The van der Waals surface area contributed by atoms with Gasteiger partial charge in [-0.1, -0.05) is 19.0 Å². The van der Waals surface area contributed by atoms with E-state index in [1.165, 1.54) is 12.3 Å². The molecule has 1 unspecified atom stereocenters. The molecule has 0 bridgehead atoms. The summed E-state index contributed by atoms with van der Waals surface area (Å²) in [6.07, 6.45) is 2.67. The fourth-order valence-electron chi connectivity index (χ4n) is 1.69. The van der Waals surface area contributed by atoms with Gasteiger partial charge in [-0.2, -0.15) is 4.98 Å². The molecule has 2 heterocycles. The van der Waals surface area contributed by atoms with Gasteiger partial charge in [0.25, 0.3) is 5.89 Å². The molecular weight excluding hydrogens is 234 g/mol. The van der Waals surface area contributed by atoms with Crippen molar-refractivity contribution in [1.29, 1.82) is 0 Å². The molecule has 6 nitrogen and oxygen atoms in total. The topological polar surface area (TPSA) is 81.3 Å². The zero-order chi connectivity index (χ0) is 13.1. The Kier molecular flexibility index (Phi) is 3.57. The normalized spacial score (nSPS) is 12.9. The van der Waals surface area contributed by atoms with Crippen LogP contribution in [0, 0.1) is 5.92 Å². The molecule has 2 aromatic heterocycles. The molecule has 96 valence electrons. The first-order valence-electron chi connectivity index (χ1n) is 5.62. The summed E-state index contributed by atoms with van der Waals surface area (Å²) in [6.45, 7) is 4.03. The zero-order valence-electron chi connectivity index (χ0n) is 10.5. The van der Waals surface area contributed by atoms with Crippen molar-refractivity contribution in [3.63, 3.8) is 0 Å². The van der Waals surface area contributed by atoms with Crippen molar-refractivity contribution in [3.8, 4) is 17.2 Å². The van der Waals surface area contributed by atoms with Gasteiger partial charge < -0.3 is 14.4 Å². The van der Waals surface area contributed by atoms with E-state index in [2.05, 4.69) is 15.1 Å². The fraction of sp³-hybridized carbons (Fsp3) is 0.417. The van der Waals surface area contributed by atoms with Crippen molar-refractivity contribution in [3.05, 3.63) is 24.3 Å². The molecule has 0 amide bonds. The number of aromatic hydroxyl groups is 1. The number of hydrogen-bond acceptors (Lipinski definition) is 6. The first-order valence-corrected chi connectivity index (χ1v) is 5.62. The summed E-state index contributed by atoms with van der Waals surface area (Å²) in [4.78, 5) is 8.12. The number of nitrogens with zero attached hydrogens (tertiary/aromatic N) is 3. The third kappa shape index (κ3) is 2.48. The Morgan fingerprint density at radius 2 is 2.11 bits per heavy atom. The third-order valence-electron chi connectivity index (χ3n) is 2.53. The van der Waals surface area contributed by atoms with E-state index in [-0.39, 0.29) is 17.8 Å².